The van der Waals surface area contributed by atoms with Crippen LogP contribution in [0.15, 0.2) is 42.5 Å². The number of rotatable bonds is 6. The van der Waals surface area contributed by atoms with Crippen LogP contribution in [0.25, 0.3) is 0 Å². The third kappa shape index (κ3) is 5.22. The van der Waals surface area contributed by atoms with Crippen molar-refractivity contribution in [3.63, 3.8) is 0 Å². The fraction of sp³-hybridized carbons (Fsp3) is 0.435. The van der Waals surface area contributed by atoms with Crippen molar-refractivity contribution in [2.45, 2.75) is 31.7 Å². The Morgan fingerprint density at radius 2 is 1.97 bits per heavy atom. The number of carbonyl (C=O) groups is 1. The summed E-state index contributed by atoms with van der Waals surface area (Å²) in [5.74, 6) is 1.70. The maximum absolute atomic E-state index is 12.5. The number of amides is 1. The first kappa shape index (κ1) is 20.0. The summed E-state index contributed by atoms with van der Waals surface area (Å²) >= 11 is 6.02. The molecule has 2 aromatic rings. The van der Waals surface area contributed by atoms with E-state index in [0.29, 0.717) is 26.3 Å². The van der Waals surface area contributed by atoms with E-state index in [4.69, 9.17) is 21.1 Å². The molecule has 0 aliphatic carbocycles. The lowest BCUT2D eigenvalue weighted by Crippen LogP contribution is -2.37. The molecule has 1 saturated heterocycles. The Labute approximate surface area is 176 Å². The second-order valence-electron chi connectivity index (χ2n) is 7.62. The first-order valence-corrected chi connectivity index (χ1v) is 10.7. The van der Waals surface area contributed by atoms with E-state index in [-0.39, 0.29) is 11.9 Å². The van der Waals surface area contributed by atoms with E-state index in [0.717, 1.165) is 54.3 Å². The van der Waals surface area contributed by atoms with Gasteiger partial charge in [0.15, 0.2) is 11.5 Å². The van der Waals surface area contributed by atoms with Gasteiger partial charge in [-0.1, -0.05) is 29.8 Å². The molecule has 4 rings (SSSR count). The van der Waals surface area contributed by atoms with Gasteiger partial charge in [-0.3, -0.25) is 9.69 Å². The quantitative estimate of drug-likeness (QED) is 0.776. The van der Waals surface area contributed by atoms with Gasteiger partial charge in [0.2, 0.25) is 5.91 Å². The summed E-state index contributed by atoms with van der Waals surface area (Å²) in [6.07, 6.45) is 3.82. The van der Waals surface area contributed by atoms with E-state index in [1.54, 1.807) is 0 Å². The molecule has 0 radical (unpaired) electrons. The van der Waals surface area contributed by atoms with E-state index in [1.165, 1.54) is 5.56 Å². The van der Waals surface area contributed by atoms with Crippen molar-refractivity contribution in [1.29, 1.82) is 0 Å². The Balaban J connectivity index is 1.32. The average Bonchev–Trinajstić information content (AvgIpc) is 3.03. The van der Waals surface area contributed by atoms with Crippen LogP contribution in [0.3, 0.4) is 0 Å². The third-order valence-electron chi connectivity index (χ3n) is 5.49. The van der Waals surface area contributed by atoms with Gasteiger partial charge < -0.3 is 14.8 Å². The lowest BCUT2D eigenvalue weighted by atomic mass is 10.0. The Morgan fingerprint density at radius 1 is 1.10 bits per heavy atom. The number of nitrogens with zero attached hydrogens (tertiary/aromatic N) is 1. The van der Waals surface area contributed by atoms with Crippen LogP contribution in [-0.2, 0) is 11.2 Å². The highest BCUT2D eigenvalue weighted by Crippen LogP contribution is 2.37. The molecule has 1 atom stereocenters. The summed E-state index contributed by atoms with van der Waals surface area (Å²) in [6.45, 7) is 3.33. The number of fused-ring (bicyclic) bond motifs is 1. The summed E-state index contributed by atoms with van der Waals surface area (Å²) in [6, 6.07) is 14.2. The second kappa shape index (κ2) is 9.51. The topological polar surface area (TPSA) is 50.8 Å². The number of likely N-dealkylation sites (tertiary alicyclic amines) is 1. The molecule has 6 heteroatoms. The number of hydrogen-bond acceptors (Lipinski definition) is 4. The molecule has 2 aliphatic heterocycles. The van der Waals surface area contributed by atoms with Gasteiger partial charge in [-0.15, -0.1) is 0 Å². The molecule has 154 valence electrons. The molecule has 0 aromatic heterocycles. The second-order valence-corrected chi connectivity index (χ2v) is 8.05. The number of benzene rings is 2. The minimum atomic E-state index is 0.0632. The summed E-state index contributed by atoms with van der Waals surface area (Å²) in [4.78, 5) is 14.7. The van der Waals surface area contributed by atoms with Crippen LogP contribution in [0, 0.1) is 0 Å². The predicted octanol–water partition coefficient (Wildman–Crippen LogP) is 4.00. The fourth-order valence-electron chi connectivity index (χ4n) is 4.06. The van der Waals surface area contributed by atoms with Gasteiger partial charge in [0.1, 0.15) is 0 Å². The summed E-state index contributed by atoms with van der Waals surface area (Å²) in [7, 11) is 0. The minimum absolute atomic E-state index is 0.0632. The normalized spacial score (nSPS) is 19.0. The Hall–Kier alpha value is -2.24. The molecule has 2 aliphatic rings. The van der Waals surface area contributed by atoms with E-state index in [2.05, 4.69) is 22.3 Å². The van der Waals surface area contributed by atoms with Gasteiger partial charge in [0.05, 0.1) is 19.8 Å². The molecule has 0 saturated carbocycles. The molecule has 0 spiro atoms. The van der Waals surface area contributed by atoms with Gasteiger partial charge in [0, 0.05) is 24.0 Å². The van der Waals surface area contributed by atoms with Crippen LogP contribution in [0.1, 0.15) is 36.4 Å². The molecule has 1 N–H and O–H groups in total. The van der Waals surface area contributed by atoms with Crippen molar-refractivity contribution < 1.29 is 14.3 Å². The fourth-order valence-corrected chi connectivity index (χ4v) is 4.27. The minimum Gasteiger partial charge on any atom is -0.490 e. The maximum atomic E-state index is 12.5. The number of hydrogen-bond donors (Lipinski definition) is 1. The van der Waals surface area contributed by atoms with Crippen LogP contribution in [0.2, 0.25) is 5.02 Å². The lowest BCUT2D eigenvalue weighted by Gasteiger charge is -2.25. The molecule has 0 unspecified atom stereocenters. The van der Waals surface area contributed by atoms with Crippen LogP contribution < -0.4 is 14.8 Å². The largest absolute Gasteiger partial charge is 0.490 e. The Kier molecular flexibility index (Phi) is 6.57. The zero-order valence-electron chi connectivity index (χ0n) is 16.5. The van der Waals surface area contributed by atoms with E-state index in [1.807, 2.05) is 30.3 Å². The molecular formula is C23H27ClN2O3. The number of carbonyl (C=O) groups excluding carboxylic acids is 1. The van der Waals surface area contributed by atoms with Crippen molar-refractivity contribution in [3.05, 3.63) is 58.6 Å². The average molecular weight is 415 g/mol. The Bertz CT molecular complexity index is 858. The third-order valence-corrected chi connectivity index (χ3v) is 5.73. The SMILES string of the molecule is O=C(CN1CCC[C@@H]1c1ccc2c(c1)OCCCO2)NCCc1cccc(Cl)c1. The van der Waals surface area contributed by atoms with Crippen LogP contribution >= 0.6 is 11.6 Å². The molecule has 2 aromatic carbocycles. The van der Waals surface area contributed by atoms with Gasteiger partial charge in [-0.25, -0.2) is 0 Å². The highest BCUT2D eigenvalue weighted by atomic mass is 35.5. The van der Waals surface area contributed by atoms with Gasteiger partial charge in [-0.2, -0.15) is 0 Å². The Morgan fingerprint density at radius 3 is 2.83 bits per heavy atom. The first-order valence-electron chi connectivity index (χ1n) is 10.3. The number of nitrogens with one attached hydrogen (secondary N) is 1. The number of halogens is 1. The number of ether oxygens (including phenoxy) is 2. The zero-order chi connectivity index (χ0) is 20.1. The molecule has 2 heterocycles. The van der Waals surface area contributed by atoms with Crippen LogP contribution in [0.5, 0.6) is 11.5 Å². The zero-order valence-corrected chi connectivity index (χ0v) is 17.3. The summed E-state index contributed by atoms with van der Waals surface area (Å²) < 4.78 is 11.6. The van der Waals surface area contributed by atoms with Gasteiger partial charge in [-0.05, 0) is 61.2 Å². The molecule has 0 bridgehead atoms. The first-order chi connectivity index (χ1) is 14.2. The van der Waals surface area contributed by atoms with Crippen molar-refractivity contribution in [3.8, 4) is 11.5 Å². The van der Waals surface area contributed by atoms with Crippen LogP contribution in [0.4, 0.5) is 0 Å². The van der Waals surface area contributed by atoms with Crippen molar-refractivity contribution in [2.75, 3.05) is 32.8 Å². The van der Waals surface area contributed by atoms with Crippen LogP contribution in [-0.4, -0.2) is 43.7 Å². The van der Waals surface area contributed by atoms with Crippen molar-refractivity contribution in [2.24, 2.45) is 0 Å². The van der Waals surface area contributed by atoms with Gasteiger partial charge >= 0.3 is 0 Å². The predicted molar refractivity (Wildman–Crippen MR) is 114 cm³/mol. The molecule has 1 fully saturated rings. The van der Waals surface area contributed by atoms with E-state index < -0.39 is 0 Å². The molecule has 5 nitrogen and oxygen atoms in total. The molecule has 1 amide bonds. The monoisotopic (exact) mass is 414 g/mol. The van der Waals surface area contributed by atoms with Crippen molar-refractivity contribution in [1.82, 2.24) is 10.2 Å². The lowest BCUT2D eigenvalue weighted by molar-refractivity contribution is -0.122. The highest BCUT2D eigenvalue weighted by molar-refractivity contribution is 6.30. The van der Waals surface area contributed by atoms with E-state index in [9.17, 15) is 4.79 Å². The highest BCUT2D eigenvalue weighted by Gasteiger charge is 2.28. The molecule has 29 heavy (non-hydrogen) atoms. The van der Waals surface area contributed by atoms with E-state index >= 15 is 0 Å². The maximum Gasteiger partial charge on any atom is 0.234 e. The van der Waals surface area contributed by atoms with Crippen molar-refractivity contribution >= 4 is 17.5 Å². The molecular weight excluding hydrogens is 388 g/mol. The smallest absolute Gasteiger partial charge is 0.234 e. The van der Waals surface area contributed by atoms with Gasteiger partial charge in [0.25, 0.3) is 0 Å². The summed E-state index contributed by atoms with van der Waals surface area (Å²) in [5.41, 5.74) is 2.32. The standard InChI is InChI=1S/C23H27ClN2O3/c24-19-5-1-4-17(14-19)9-10-25-23(27)16-26-11-2-6-20(26)18-7-8-21-22(15-18)29-13-3-12-28-21/h1,4-5,7-8,14-15,20H,2-3,6,9-13,16H2,(H,25,27)/t20-/m1/s1. The summed E-state index contributed by atoms with van der Waals surface area (Å²) in [5, 5.41) is 3.77.